The topological polar surface area (TPSA) is 54.0 Å². The first-order valence-corrected chi connectivity index (χ1v) is 6.98. The van der Waals surface area contributed by atoms with Crippen LogP contribution in [0.4, 0.5) is 5.95 Å². The molecule has 21 heavy (non-hydrogen) atoms. The number of aromatic amines is 1. The van der Waals surface area contributed by atoms with Gasteiger partial charge >= 0.3 is 0 Å². The molecule has 0 unspecified atom stereocenters. The minimum atomic E-state index is 0.581. The summed E-state index contributed by atoms with van der Waals surface area (Å²) in [6, 6.07) is 10.0. The summed E-state index contributed by atoms with van der Waals surface area (Å²) in [6.07, 6.45) is 3.77. The molecule has 0 saturated carbocycles. The molecule has 3 rings (SSSR count). The molecule has 2 aromatic heterocycles. The van der Waals surface area contributed by atoms with E-state index in [0.29, 0.717) is 11.8 Å². The zero-order valence-electron chi connectivity index (χ0n) is 12.2. The van der Waals surface area contributed by atoms with Gasteiger partial charge < -0.3 is 14.6 Å². The van der Waals surface area contributed by atoms with Gasteiger partial charge in [-0.2, -0.15) is 4.98 Å². The van der Waals surface area contributed by atoms with E-state index in [-0.39, 0.29) is 0 Å². The van der Waals surface area contributed by atoms with Crippen molar-refractivity contribution in [1.82, 2.24) is 15.0 Å². The monoisotopic (exact) mass is 282 g/mol. The van der Waals surface area contributed by atoms with E-state index >= 15 is 0 Å². The number of anilines is 1. The van der Waals surface area contributed by atoms with Crippen LogP contribution >= 0.6 is 0 Å². The average Bonchev–Trinajstić information content (AvgIpc) is 2.95. The predicted molar refractivity (Wildman–Crippen MR) is 83.6 cm³/mol. The molecule has 0 aliphatic rings. The number of benzene rings is 1. The second kappa shape index (κ2) is 5.83. The normalized spacial score (nSPS) is 10.8. The number of hydrogen-bond donors (Lipinski definition) is 1. The van der Waals surface area contributed by atoms with Crippen LogP contribution in [0.5, 0.6) is 5.88 Å². The first kappa shape index (κ1) is 13.4. The third kappa shape index (κ3) is 2.67. The molecule has 1 aromatic carbocycles. The second-order valence-corrected chi connectivity index (χ2v) is 4.77. The van der Waals surface area contributed by atoms with E-state index in [1.807, 2.05) is 12.3 Å². The molecule has 2 heterocycles. The number of fused-ring (bicyclic) bond motifs is 1. The first-order valence-electron chi connectivity index (χ1n) is 6.98. The molecule has 5 heteroatoms. The molecule has 0 radical (unpaired) electrons. The zero-order valence-corrected chi connectivity index (χ0v) is 12.2. The van der Waals surface area contributed by atoms with Crippen LogP contribution in [0, 0.1) is 0 Å². The molecule has 0 aliphatic carbocycles. The molecule has 0 saturated heterocycles. The van der Waals surface area contributed by atoms with Crippen LogP contribution in [-0.4, -0.2) is 28.6 Å². The highest BCUT2D eigenvalue weighted by atomic mass is 16.5. The maximum absolute atomic E-state index is 5.17. The molecule has 0 amide bonds. The number of aromatic nitrogens is 3. The molecular formula is C16H18N4O. The van der Waals surface area contributed by atoms with Gasteiger partial charge in [0, 0.05) is 42.5 Å². The highest BCUT2D eigenvalue weighted by molar-refractivity contribution is 5.83. The molecule has 0 atom stereocenters. The van der Waals surface area contributed by atoms with Gasteiger partial charge in [-0.3, -0.25) is 0 Å². The molecule has 0 fully saturated rings. The van der Waals surface area contributed by atoms with Gasteiger partial charge in [0.15, 0.2) is 0 Å². The number of para-hydroxylation sites is 1. The highest BCUT2D eigenvalue weighted by Gasteiger charge is 2.12. The third-order valence-electron chi connectivity index (χ3n) is 3.53. The molecular weight excluding hydrogens is 264 g/mol. The van der Waals surface area contributed by atoms with Crippen LogP contribution in [0.3, 0.4) is 0 Å². The Kier molecular flexibility index (Phi) is 3.73. The molecule has 1 N–H and O–H groups in total. The zero-order chi connectivity index (χ0) is 14.7. The Hall–Kier alpha value is -2.56. The van der Waals surface area contributed by atoms with Crippen molar-refractivity contribution < 1.29 is 4.74 Å². The lowest BCUT2D eigenvalue weighted by atomic mass is 10.1. The maximum Gasteiger partial charge on any atom is 0.228 e. The fourth-order valence-electron chi connectivity index (χ4n) is 2.39. The van der Waals surface area contributed by atoms with E-state index in [1.165, 1.54) is 10.9 Å². The number of methoxy groups -OCH3 is 1. The van der Waals surface area contributed by atoms with Gasteiger partial charge in [0.25, 0.3) is 0 Å². The van der Waals surface area contributed by atoms with E-state index < -0.39 is 0 Å². The standard InChI is InChI=1S/C16H18N4O/c1-3-20(16-17-9-8-15(19-16)21-2)11-12-10-18-14-7-5-4-6-13(12)14/h4-10,18H,3,11H2,1-2H3. The van der Waals surface area contributed by atoms with Crippen molar-refractivity contribution in [1.29, 1.82) is 0 Å². The number of rotatable bonds is 5. The lowest BCUT2D eigenvalue weighted by Gasteiger charge is -2.20. The van der Waals surface area contributed by atoms with Crippen molar-refractivity contribution in [3.05, 3.63) is 48.3 Å². The Morgan fingerprint density at radius 2 is 2.10 bits per heavy atom. The largest absolute Gasteiger partial charge is 0.481 e. The van der Waals surface area contributed by atoms with Gasteiger partial charge in [-0.25, -0.2) is 4.98 Å². The van der Waals surface area contributed by atoms with E-state index in [0.717, 1.165) is 18.6 Å². The summed E-state index contributed by atoms with van der Waals surface area (Å²) >= 11 is 0. The summed E-state index contributed by atoms with van der Waals surface area (Å²) in [5, 5.41) is 1.24. The van der Waals surface area contributed by atoms with E-state index in [9.17, 15) is 0 Å². The van der Waals surface area contributed by atoms with Crippen molar-refractivity contribution in [2.24, 2.45) is 0 Å². The summed E-state index contributed by atoms with van der Waals surface area (Å²) in [6.45, 7) is 3.68. The minimum Gasteiger partial charge on any atom is -0.481 e. The Morgan fingerprint density at radius 3 is 2.90 bits per heavy atom. The van der Waals surface area contributed by atoms with Crippen LogP contribution in [0.15, 0.2) is 42.7 Å². The lowest BCUT2D eigenvalue weighted by molar-refractivity contribution is 0.396. The van der Waals surface area contributed by atoms with E-state index in [4.69, 9.17) is 4.74 Å². The molecule has 3 aromatic rings. The molecule has 0 spiro atoms. The van der Waals surface area contributed by atoms with Crippen LogP contribution in [0.25, 0.3) is 10.9 Å². The van der Waals surface area contributed by atoms with Gasteiger partial charge in [-0.1, -0.05) is 18.2 Å². The van der Waals surface area contributed by atoms with Crippen molar-refractivity contribution in [3.63, 3.8) is 0 Å². The predicted octanol–water partition coefficient (Wildman–Crippen LogP) is 2.99. The molecule has 0 bridgehead atoms. The van der Waals surface area contributed by atoms with Gasteiger partial charge in [0.05, 0.1) is 7.11 Å². The van der Waals surface area contributed by atoms with Crippen LogP contribution in [-0.2, 0) is 6.54 Å². The van der Waals surface area contributed by atoms with E-state index in [1.54, 1.807) is 19.4 Å². The third-order valence-corrected chi connectivity index (χ3v) is 3.53. The molecule has 108 valence electrons. The van der Waals surface area contributed by atoms with Crippen LogP contribution in [0.1, 0.15) is 12.5 Å². The van der Waals surface area contributed by atoms with Gasteiger partial charge in [0.1, 0.15) is 0 Å². The number of H-pyrrole nitrogens is 1. The number of hydrogen-bond acceptors (Lipinski definition) is 4. The smallest absolute Gasteiger partial charge is 0.228 e. The number of ether oxygens (including phenoxy) is 1. The van der Waals surface area contributed by atoms with Gasteiger partial charge in [-0.05, 0) is 18.6 Å². The second-order valence-electron chi connectivity index (χ2n) is 4.77. The molecule has 5 nitrogen and oxygen atoms in total. The average molecular weight is 282 g/mol. The van der Waals surface area contributed by atoms with Crippen molar-refractivity contribution >= 4 is 16.9 Å². The van der Waals surface area contributed by atoms with Gasteiger partial charge in [-0.15, -0.1) is 0 Å². The van der Waals surface area contributed by atoms with Crippen molar-refractivity contribution in [3.8, 4) is 5.88 Å². The lowest BCUT2D eigenvalue weighted by Crippen LogP contribution is -2.24. The van der Waals surface area contributed by atoms with Crippen molar-refractivity contribution in [2.45, 2.75) is 13.5 Å². The summed E-state index contributed by atoms with van der Waals surface area (Å²) < 4.78 is 5.17. The molecule has 0 aliphatic heterocycles. The number of nitrogens with zero attached hydrogens (tertiary/aromatic N) is 3. The highest BCUT2D eigenvalue weighted by Crippen LogP contribution is 2.21. The fraction of sp³-hybridized carbons (Fsp3) is 0.250. The first-order chi connectivity index (χ1) is 10.3. The summed E-state index contributed by atoms with van der Waals surface area (Å²) in [4.78, 5) is 14.2. The van der Waals surface area contributed by atoms with Crippen molar-refractivity contribution in [2.75, 3.05) is 18.6 Å². The summed E-state index contributed by atoms with van der Waals surface area (Å²) in [5.74, 6) is 1.26. The quantitative estimate of drug-likeness (QED) is 0.781. The Labute approximate surface area is 123 Å². The van der Waals surface area contributed by atoms with Crippen LogP contribution < -0.4 is 9.64 Å². The Morgan fingerprint density at radius 1 is 1.24 bits per heavy atom. The van der Waals surface area contributed by atoms with Crippen LogP contribution in [0.2, 0.25) is 0 Å². The van der Waals surface area contributed by atoms with E-state index in [2.05, 4.69) is 45.0 Å². The minimum absolute atomic E-state index is 0.581. The fourth-order valence-corrected chi connectivity index (χ4v) is 2.39. The van der Waals surface area contributed by atoms with Gasteiger partial charge in [0.2, 0.25) is 11.8 Å². The summed E-state index contributed by atoms with van der Waals surface area (Å²) in [5.41, 5.74) is 2.38. The maximum atomic E-state index is 5.17. The number of nitrogens with one attached hydrogen (secondary N) is 1. The Balaban J connectivity index is 1.90. The summed E-state index contributed by atoms with van der Waals surface area (Å²) in [7, 11) is 1.61. The Bertz CT molecular complexity index is 738. The SMILES string of the molecule is CCN(Cc1c[nH]c2ccccc12)c1nccc(OC)n1.